The van der Waals surface area contributed by atoms with E-state index in [9.17, 15) is 9.18 Å². The number of carboxylic acids is 1. The van der Waals surface area contributed by atoms with E-state index in [-0.39, 0.29) is 5.56 Å². The molecule has 0 atom stereocenters. The van der Waals surface area contributed by atoms with Crippen LogP contribution in [0.5, 0.6) is 0 Å². The van der Waals surface area contributed by atoms with E-state index in [1.807, 2.05) is 35.9 Å². The summed E-state index contributed by atoms with van der Waals surface area (Å²) < 4.78 is 15.4. The molecule has 3 rings (SSSR count). The monoisotopic (exact) mass is 284 g/mol. The summed E-state index contributed by atoms with van der Waals surface area (Å²) in [6, 6.07) is 11.5. The highest BCUT2D eigenvalue weighted by Crippen LogP contribution is 2.18. The van der Waals surface area contributed by atoms with Gasteiger partial charge in [0.25, 0.3) is 0 Å². The molecular weight excluding hydrogens is 271 g/mol. The molecule has 0 aliphatic rings. The highest BCUT2D eigenvalue weighted by molar-refractivity contribution is 5.87. The minimum absolute atomic E-state index is 0.0521. The first-order valence-electron chi connectivity index (χ1n) is 6.47. The molecule has 5 heteroatoms. The Morgan fingerprint density at radius 1 is 1.29 bits per heavy atom. The zero-order valence-corrected chi connectivity index (χ0v) is 11.4. The van der Waals surface area contributed by atoms with Crippen molar-refractivity contribution in [3.63, 3.8) is 0 Å². The minimum atomic E-state index is -1.14. The smallest absolute Gasteiger partial charge is 0.335 e. The van der Waals surface area contributed by atoms with Crippen molar-refractivity contribution >= 4 is 17.0 Å². The summed E-state index contributed by atoms with van der Waals surface area (Å²) in [5.74, 6) is -0.928. The molecule has 0 bridgehead atoms. The van der Waals surface area contributed by atoms with E-state index in [2.05, 4.69) is 4.98 Å². The van der Waals surface area contributed by atoms with Gasteiger partial charge in [0.2, 0.25) is 0 Å². The van der Waals surface area contributed by atoms with Crippen LogP contribution in [0.3, 0.4) is 0 Å². The molecule has 0 saturated heterocycles. The van der Waals surface area contributed by atoms with Gasteiger partial charge in [-0.25, -0.2) is 14.2 Å². The number of rotatable bonds is 3. The van der Waals surface area contributed by atoms with Gasteiger partial charge in [-0.3, -0.25) is 0 Å². The van der Waals surface area contributed by atoms with E-state index in [1.54, 1.807) is 0 Å². The van der Waals surface area contributed by atoms with E-state index in [4.69, 9.17) is 5.11 Å². The average molecular weight is 284 g/mol. The average Bonchev–Trinajstić information content (AvgIpc) is 2.75. The Balaban J connectivity index is 2.02. The van der Waals surface area contributed by atoms with Gasteiger partial charge in [-0.15, -0.1) is 0 Å². The molecule has 0 aliphatic carbocycles. The Kier molecular flexibility index (Phi) is 3.17. The molecule has 2 aromatic carbocycles. The molecule has 0 spiro atoms. The molecule has 0 unspecified atom stereocenters. The van der Waals surface area contributed by atoms with Gasteiger partial charge in [0.05, 0.1) is 16.6 Å². The van der Waals surface area contributed by atoms with Crippen LogP contribution in [0.2, 0.25) is 0 Å². The zero-order valence-electron chi connectivity index (χ0n) is 11.4. The lowest BCUT2D eigenvalue weighted by Crippen LogP contribution is -2.03. The summed E-state index contributed by atoms with van der Waals surface area (Å²) in [6.45, 7) is 0. The number of carbonyl (C=O) groups is 1. The number of para-hydroxylation sites is 2. The van der Waals surface area contributed by atoms with E-state index < -0.39 is 11.8 Å². The second-order valence-corrected chi connectivity index (χ2v) is 4.91. The molecule has 0 aliphatic heterocycles. The van der Waals surface area contributed by atoms with Gasteiger partial charge in [0, 0.05) is 13.5 Å². The summed E-state index contributed by atoms with van der Waals surface area (Å²) in [6.07, 6.45) is 0.378. The topological polar surface area (TPSA) is 55.1 Å². The van der Waals surface area contributed by atoms with Crippen LogP contribution in [0.4, 0.5) is 4.39 Å². The summed E-state index contributed by atoms with van der Waals surface area (Å²) in [5, 5.41) is 8.98. The number of aromatic nitrogens is 2. The molecule has 0 amide bonds. The predicted octanol–water partition coefficient (Wildman–Crippen LogP) is 3.00. The van der Waals surface area contributed by atoms with Crippen LogP contribution in [0, 0.1) is 5.82 Å². The molecule has 0 saturated carbocycles. The van der Waals surface area contributed by atoms with E-state index >= 15 is 0 Å². The molecule has 3 aromatic rings. The molecule has 4 nitrogen and oxygen atoms in total. The van der Waals surface area contributed by atoms with Crippen molar-refractivity contribution in [1.29, 1.82) is 0 Å². The van der Waals surface area contributed by atoms with Gasteiger partial charge >= 0.3 is 5.97 Å². The van der Waals surface area contributed by atoms with Crippen molar-refractivity contribution in [2.24, 2.45) is 7.05 Å². The fourth-order valence-electron chi connectivity index (χ4n) is 2.41. The first kappa shape index (κ1) is 13.3. The summed E-state index contributed by atoms with van der Waals surface area (Å²) in [4.78, 5) is 15.5. The van der Waals surface area contributed by atoms with Crippen molar-refractivity contribution in [2.45, 2.75) is 6.42 Å². The van der Waals surface area contributed by atoms with E-state index in [0.29, 0.717) is 12.0 Å². The largest absolute Gasteiger partial charge is 0.478 e. The highest BCUT2D eigenvalue weighted by Gasteiger charge is 2.11. The summed E-state index contributed by atoms with van der Waals surface area (Å²) in [7, 11) is 1.89. The maximum atomic E-state index is 13.5. The van der Waals surface area contributed by atoms with Gasteiger partial charge in [0.15, 0.2) is 0 Å². The fourth-order valence-corrected chi connectivity index (χ4v) is 2.41. The Hall–Kier alpha value is -2.69. The zero-order chi connectivity index (χ0) is 15.0. The quantitative estimate of drug-likeness (QED) is 0.804. The molecule has 1 heterocycles. The van der Waals surface area contributed by atoms with Crippen molar-refractivity contribution in [3.8, 4) is 0 Å². The number of nitrogens with zero attached hydrogens (tertiary/aromatic N) is 2. The van der Waals surface area contributed by atoms with Gasteiger partial charge in [-0.05, 0) is 35.9 Å². The van der Waals surface area contributed by atoms with E-state index in [0.717, 1.165) is 22.9 Å². The molecule has 21 heavy (non-hydrogen) atoms. The summed E-state index contributed by atoms with van der Waals surface area (Å²) >= 11 is 0. The summed E-state index contributed by atoms with van der Waals surface area (Å²) in [5.41, 5.74) is 2.39. The number of imidazole rings is 1. The lowest BCUT2D eigenvalue weighted by molar-refractivity contribution is 0.0696. The van der Waals surface area contributed by atoms with Gasteiger partial charge < -0.3 is 9.67 Å². The van der Waals surface area contributed by atoms with Gasteiger partial charge in [-0.2, -0.15) is 0 Å². The maximum absolute atomic E-state index is 13.5. The lowest BCUT2D eigenvalue weighted by Gasteiger charge is -2.04. The molecule has 1 aromatic heterocycles. The molecule has 1 N–H and O–H groups in total. The fraction of sp³-hybridized carbons (Fsp3) is 0.125. The third-order valence-corrected chi connectivity index (χ3v) is 3.45. The van der Waals surface area contributed by atoms with E-state index in [1.165, 1.54) is 12.1 Å². The third-order valence-electron chi connectivity index (χ3n) is 3.45. The third kappa shape index (κ3) is 2.50. The van der Waals surface area contributed by atoms with Crippen LogP contribution in [0.25, 0.3) is 11.0 Å². The standard InChI is InChI=1S/C16H13FN2O2/c1-19-14-5-3-2-4-13(14)18-15(19)8-10-6-11(16(20)21)9-12(17)7-10/h2-7,9H,8H2,1H3,(H,20,21). The normalized spacial score (nSPS) is 11.0. The van der Waals surface area contributed by atoms with Crippen LogP contribution in [0.1, 0.15) is 21.7 Å². The van der Waals surface area contributed by atoms with Gasteiger partial charge in [-0.1, -0.05) is 12.1 Å². The number of carboxylic acid groups (broad SMARTS) is 1. The van der Waals surface area contributed by atoms with Crippen LogP contribution >= 0.6 is 0 Å². The lowest BCUT2D eigenvalue weighted by atomic mass is 10.1. The number of aryl methyl sites for hydroxylation is 1. The number of hydrogen-bond acceptors (Lipinski definition) is 2. The first-order valence-corrected chi connectivity index (χ1v) is 6.47. The van der Waals surface area contributed by atoms with Crippen LogP contribution in [0.15, 0.2) is 42.5 Å². The second kappa shape index (κ2) is 5.01. The van der Waals surface area contributed by atoms with Crippen molar-refractivity contribution in [1.82, 2.24) is 9.55 Å². The minimum Gasteiger partial charge on any atom is -0.478 e. The predicted molar refractivity (Wildman–Crippen MR) is 76.9 cm³/mol. The Labute approximate surface area is 120 Å². The number of aromatic carboxylic acids is 1. The number of fused-ring (bicyclic) bond motifs is 1. The Bertz CT molecular complexity index is 839. The van der Waals surface area contributed by atoms with Crippen LogP contribution in [-0.4, -0.2) is 20.6 Å². The molecule has 0 radical (unpaired) electrons. The van der Waals surface area contributed by atoms with Gasteiger partial charge in [0.1, 0.15) is 11.6 Å². The molecule has 106 valence electrons. The molecule has 0 fully saturated rings. The van der Waals surface area contributed by atoms with Crippen molar-refractivity contribution in [2.75, 3.05) is 0 Å². The number of hydrogen-bond donors (Lipinski definition) is 1. The highest BCUT2D eigenvalue weighted by atomic mass is 19.1. The SMILES string of the molecule is Cn1c(Cc2cc(F)cc(C(=O)O)c2)nc2ccccc21. The molecular formula is C16H13FN2O2. The number of benzene rings is 2. The van der Waals surface area contributed by atoms with Crippen LogP contribution in [-0.2, 0) is 13.5 Å². The Morgan fingerprint density at radius 3 is 2.76 bits per heavy atom. The van der Waals surface area contributed by atoms with Crippen LogP contribution < -0.4 is 0 Å². The number of halogens is 1. The maximum Gasteiger partial charge on any atom is 0.335 e. The van der Waals surface area contributed by atoms with Crippen molar-refractivity contribution in [3.05, 3.63) is 65.2 Å². The first-order chi connectivity index (χ1) is 10.0. The Morgan fingerprint density at radius 2 is 2.05 bits per heavy atom. The van der Waals surface area contributed by atoms with Crippen molar-refractivity contribution < 1.29 is 14.3 Å². The second-order valence-electron chi connectivity index (χ2n) is 4.91.